The van der Waals surface area contributed by atoms with Gasteiger partial charge in [-0.2, -0.15) is 0 Å². The average Bonchev–Trinajstić information content (AvgIpc) is 2.37. The van der Waals surface area contributed by atoms with E-state index in [1.807, 2.05) is 31.4 Å². The van der Waals surface area contributed by atoms with Gasteiger partial charge in [-0.25, -0.2) is 0 Å². The lowest BCUT2D eigenvalue weighted by Gasteiger charge is -2.18. The van der Waals surface area contributed by atoms with Crippen molar-refractivity contribution in [3.63, 3.8) is 0 Å². The van der Waals surface area contributed by atoms with Crippen molar-refractivity contribution in [1.82, 2.24) is 0 Å². The first-order valence-corrected chi connectivity index (χ1v) is 4.48. The molecule has 0 fully saturated rings. The van der Waals surface area contributed by atoms with Crippen molar-refractivity contribution in [1.29, 1.82) is 0 Å². The molecule has 1 aromatic rings. The van der Waals surface area contributed by atoms with Gasteiger partial charge in [0.15, 0.2) is 0 Å². The van der Waals surface area contributed by atoms with E-state index in [1.165, 1.54) is 0 Å². The molecular formula is C9H12OS. The lowest BCUT2D eigenvalue weighted by atomic mass is 9.87. The van der Waals surface area contributed by atoms with E-state index in [-0.39, 0.29) is 11.2 Å². The Hall–Kier alpha value is -0.630. The second-order valence-corrected chi connectivity index (χ2v) is 4.11. The molecule has 0 radical (unpaired) electrons. The Kier molecular flexibility index (Phi) is 2.14. The fourth-order valence-corrected chi connectivity index (χ4v) is 1.71. The Morgan fingerprint density at radius 3 is 2.55 bits per heavy atom. The SMILES string of the molecule is CC(=O)C(C)(C)c1cccs1. The predicted octanol–water partition coefficient (Wildman–Crippen LogP) is 2.61. The van der Waals surface area contributed by atoms with Crippen LogP contribution in [-0.2, 0) is 10.2 Å². The number of hydrogen-bond acceptors (Lipinski definition) is 2. The molecule has 0 aromatic carbocycles. The molecule has 0 N–H and O–H groups in total. The average molecular weight is 168 g/mol. The van der Waals surface area contributed by atoms with Crippen LogP contribution < -0.4 is 0 Å². The summed E-state index contributed by atoms with van der Waals surface area (Å²) in [6.45, 7) is 5.56. The molecule has 0 aliphatic heterocycles. The largest absolute Gasteiger partial charge is 0.299 e. The normalized spacial score (nSPS) is 11.5. The first-order chi connectivity index (χ1) is 5.05. The van der Waals surface area contributed by atoms with Crippen LogP contribution >= 0.6 is 11.3 Å². The molecule has 2 heteroatoms. The van der Waals surface area contributed by atoms with Crippen molar-refractivity contribution in [3.8, 4) is 0 Å². The number of thiophene rings is 1. The first-order valence-electron chi connectivity index (χ1n) is 3.60. The summed E-state index contributed by atoms with van der Waals surface area (Å²) in [7, 11) is 0. The second kappa shape index (κ2) is 2.78. The highest BCUT2D eigenvalue weighted by Gasteiger charge is 2.26. The molecule has 0 unspecified atom stereocenters. The fraction of sp³-hybridized carbons (Fsp3) is 0.444. The zero-order valence-electron chi connectivity index (χ0n) is 7.05. The number of hydrogen-bond donors (Lipinski definition) is 0. The van der Waals surface area contributed by atoms with Crippen LogP contribution in [-0.4, -0.2) is 5.78 Å². The topological polar surface area (TPSA) is 17.1 Å². The second-order valence-electron chi connectivity index (χ2n) is 3.16. The third kappa shape index (κ3) is 1.51. The number of rotatable bonds is 2. The Labute approximate surface area is 71.1 Å². The van der Waals surface area contributed by atoms with Crippen LogP contribution in [0, 0.1) is 0 Å². The molecule has 0 amide bonds. The molecule has 1 rings (SSSR count). The van der Waals surface area contributed by atoms with Crippen LogP contribution in [0.2, 0.25) is 0 Å². The van der Waals surface area contributed by atoms with E-state index in [0.29, 0.717) is 0 Å². The Balaban J connectivity index is 3.00. The van der Waals surface area contributed by atoms with Gasteiger partial charge in [-0.1, -0.05) is 6.07 Å². The van der Waals surface area contributed by atoms with Crippen molar-refractivity contribution in [2.24, 2.45) is 0 Å². The lowest BCUT2D eigenvalue weighted by molar-refractivity contribution is -0.121. The summed E-state index contributed by atoms with van der Waals surface area (Å²) in [4.78, 5) is 12.3. The quantitative estimate of drug-likeness (QED) is 0.663. The monoisotopic (exact) mass is 168 g/mol. The molecular weight excluding hydrogens is 156 g/mol. The third-order valence-corrected chi connectivity index (χ3v) is 3.21. The molecule has 0 atom stereocenters. The number of carbonyl (C=O) groups is 1. The van der Waals surface area contributed by atoms with Gasteiger partial charge in [0.25, 0.3) is 0 Å². The number of Topliss-reactive ketones (excluding diaryl/α,β-unsaturated/α-hetero) is 1. The summed E-state index contributed by atoms with van der Waals surface area (Å²) in [5.74, 6) is 0.222. The summed E-state index contributed by atoms with van der Waals surface area (Å²) in [6.07, 6.45) is 0. The summed E-state index contributed by atoms with van der Waals surface area (Å²) < 4.78 is 0. The van der Waals surface area contributed by atoms with Gasteiger partial charge in [-0.15, -0.1) is 11.3 Å². The third-order valence-electron chi connectivity index (χ3n) is 2.02. The smallest absolute Gasteiger partial charge is 0.140 e. The Morgan fingerprint density at radius 1 is 1.55 bits per heavy atom. The van der Waals surface area contributed by atoms with E-state index >= 15 is 0 Å². The van der Waals surface area contributed by atoms with Crippen LogP contribution in [0.4, 0.5) is 0 Å². The maximum Gasteiger partial charge on any atom is 0.140 e. The molecule has 60 valence electrons. The molecule has 11 heavy (non-hydrogen) atoms. The molecule has 0 saturated carbocycles. The van der Waals surface area contributed by atoms with E-state index in [2.05, 4.69) is 0 Å². The minimum absolute atomic E-state index is 0.222. The Morgan fingerprint density at radius 2 is 2.18 bits per heavy atom. The predicted molar refractivity (Wildman–Crippen MR) is 48.0 cm³/mol. The van der Waals surface area contributed by atoms with Crippen LogP contribution in [0.3, 0.4) is 0 Å². The van der Waals surface area contributed by atoms with E-state index in [0.717, 1.165) is 4.88 Å². The molecule has 0 aliphatic rings. The van der Waals surface area contributed by atoms with E-state index in [1.54, 1.807) is 18.3 Å². The van der Waals surface area contributed by atoms with Crippen LogP contribution in [0.1, 0.15) is 25.6 Å². The first kappa shape index (κ1) is 8.47. The number of ketones is 1. The van der Waals surface area contributed by atoms with E-state index in [4.69, 9.17) is 0 Å². The van der Waals surface area contributed by atoms with Gasteiger partial charge in [0.05, 0.1) is 5.41 Å². The van der Waals surface area contributed by atoms with Crippen molar-refractivity contribution in [2.75, 3.05) is 0 Å². The van der Waals surface area contributed by atoms with Crippen LogP contribution in [0.25, 0.3) is 0 Å². The lowest BCUT2D eigenvalue weighted by Crippen LogP contribution is -2.24. The summed E-state index contributed by atoms with van der Waals surface area (Å²) >= 11 is 1.64. The van der Waals surface area contributed by atoms with Crippen molar-refractivity contribution in [3.05, 3.63) is 22.4 Å². The zero-order chi connectivity index (χ0) is 8.48. The molecule has 1 nitrogen and oxygen atoms in total. The maximum atomic E-state index is 11.2. The minimum Gasteiger partial charge on any atom is -0.299 e. The highest BCUT2D eigenvalue weighted by atomic mass is 32.1. The molecule has 0 saturated heterocycles. The van der Waals surface area contributed by atoms with Gasteiger partial charge >= 0.3 is 0 Å². The zero-order valence-corrected chi connectivity index (χ0v) is 7.87. The van der Waals surface area contributed by atoms with Crippen molar-refractivity contribution >= 4 is 17.1 Å². The Bertz CT molecular complexity index is 247. The van der Waals surface area contributed by atoms with Gasteiger partial charge in [-0.05, 0) is 32.2 Å². The van der Waals surface area contributed by atoms with Gasteiger partial charge in [-0.3, -0.25) is 4.79 Å². The van der Waals surface area contributed by atoms with Crippen LogP contribution in [0.15, 0.2) is 17.5 Å². The molecule has 0 bridgehead atoms. The summed E-state index contributed by atoms with van der Waals surface area (Å²) in [5, 5.41) is 2.00. The molecule has 1 aromatic heterocycles. The van der Waals surface area contributed by atoms with Crippen molar-refractivity contribution < 1.29 is 4.79 Å². The number of carbonyl (C=O) groups excluding carboxylic acids is 1. The highest BCUT2D eigenvalue weighted by Crippen LogP contribution is 2.27. The standard InChI is InChI=1S/C9H12OS/c1-7(10)9(2,3)8-5-4-6-11-8/h4-6H,1-3H3. The van der Waals surface area contributed by atoms with E-state index in [9.17, 15) is 4.79 Å². The summed E-state index contributed by atoms with van der Waals surface area (Å²) in [6, 6.07) is 3.98. The van der Waals surface area contributed by atoms with Gasteiger partial charge in [0, 0.05) is 4.88 Å². The molecule has 0 spiro atoms. The van der Waals surface area contributed by atoms with Gasteiger partial charge < -0.3 is 0 Å². The van der Waals surface area contributed by atoms with Crippen molar-refractivity contribution in [2.45, 2.75) is 26.2 Å². The molecule has 1 heterocycles. The van der Waals surface area contributed by atoms with Gasteiger partial charge in [0.1, 0.15) is 5.78 Å². The van der Waals surface area contributed by atoms with Crippen LogP contribution in [0.5, 0.6) is 0 Å². The minimum atomic E-state index is -0.297. The van der Waals surface area contributed by atoms with Gasteiger partial charge in [0.2, 0.25) is 0 Å². The van der Waals surface area contributed by atoms with E-state index < -0.39 is 0 Å². The fourth-order valence-electron chi connectivity index (χ4n) is 0.808. The maximum absolute atomic E-state index is 11.2. The summed E-state index contributed by atoms with van der Waals surface area (Å²) in [5.41, 5.74) is -0.297. The molecule has 0 aliphatic carbocycles. The highest BCUT2D eigenvalue weighted by molar-refractivity contribution is 7.10.